The van der Waals surface area contributed by atoms with Gasteiger partial charge in [-0.05, 0) is 48.9 Å². The predicted octanol–water partition coefficient (Wildman–Crippen LogP) is 7.93. The third-order valence-electron chi connectivity index (χ3n) is 5.16. The Kier molecular flexibility index (Phi) is 11.7. The normalized spacial score (nSPS) is 10.1. The van der Waals surface area contributed by atoms with Crippen LogP contribution in [0.1, 0.15) is 23.3 Å². The zero-order chi connectivity index (χ0) is 30.2. The molecule has 2 aromatic heterocycles. The summed E-state index contributed by atoms with van der Waals surface area (Å²) in [4.78, 5) is 34.0. The second kappa shape index (κ2) is 15.2. The predicted molar refractivity (Wildman–Crippen MR) is 169 cm³/mol. The van der Waals surface area contributed by atoms with E-state index in [4.69, 9.17) is 55.9 Å². The molecular weight excluding hydrogens is 640 g/mol. The first-order valence-electron chi connectivity index (χ1n) is 11.9. The minimum absolute atomic E-state index is 0. The van der Waals surface area contributed by atoms with E-state index >= 15 is 0 Å². The second-order valence-corrected chi connectivity index (χ2v) is 10.00. The van der Waals surface area contributed by atoms with Gasteiger partial charge in [0, 0.05) is 35.5 Å². The molecule has 0 spiro atoms. The molecule has 0 saturated carbocycles. The van der Waals surface area contributed by atoms with Crippen molar-refractivity contribution in [2.45, 2.75) is 14.4 Å². The van der Waals surface area contributed by atoms with Gasteiger partial charge < -0.3 is 14.8 Å². The van der Waals surface area contributed by atoms with E-state index in [-0.39, 0.29) is 52.0 Å². The molecule has 5 aromatic rings. The Morgan fingerprint density at radius 1 is 0.698 bits per heavy atom. The van der Waals surface area contributed by atoms with E-state index < -0.39 is 0 Å². The maximum Gasteiger partial charge on any atom is 0.264 e. The number of carbonyl (C=O) groups excluding carboxylic acids is 1. The summed E-state index contributed by atoms with van der Waals surface area (Å²) in [6.45, 7) is 1.87. The van der Waals surface area contributed by atoms with E-state index in [1.54, 1.807) is 36.4 Å². The van der Waals surface area contributed by atoms with Gasteiger partial charge in [-0.15, -0.1) is 10.2 Å². The van der Waals surface area contributed by atoms with Gasteiger partial charge in [-0.25, -0.2) is 10.2 Å². The lowest BCUT2D eigenvalue weighted by atomic mass is 10.2. The fourth-order valence-corrected chi connectivity index (χ4v) is 4.53. The lowest BCUT2D eigenvalue weighted by Gasteiger charge is -2.11. The van der Waals surface area contributed by atoms with Crippen molar-refractivity contribution in [2.24, 2.45) is 0 Å². The first kappa shape index (κ1) is 33.2. The van der Waals surface area contributed by atoms with Crippen LogP contribution in [0.5, 0.6) is 23.3 Å². The summed E-state index contributed by atoms with van der Waals surface area (Å²) in [6, 6.07) is 20.6. The van der Waals surface area contributed by atoms with Gasteiger partial charge in [0.25, 0.3) is 17.0 Å². The van der Waals surface area contributed by atoms with Crippen molar-refractivity contribution < 1.29 is 14.3 Å². The van der Waals surface area contributed by atoms with Crippen molar-refractivity contribution in [3.05, 3.63) is 131 Å². The van der Waals surface area contributed by atoms with E-state index in [1.165, 1.54) is 36.4 Å². The third kappa shape index (κ3) is 9.32. The average molecular weight is 663 g/mol. The number of aromatic nitrogens is 4. The van der Waals surface area contributed by atoms with Gasteiger partial charge in [-0.2, -0.15) is 0 Å². The molecule has 0 aliphatic rings. The number of aryl methyl sites for hydroxylation is 1. The van der Waals surface area contributed by atoms with Crippen LogP contribution in [-0.4, -0.2) is 26.3 Å². The minimum atomic E-state index is -0.358. The first-order valence-corrected chi connectivity index (χ1v) is 13.4. The van der Waals surface area contributed by atoms with Gasteiger partial charge in [-0.1, -0.05) is 72.0 Å². The molecule has 1 amide bonds. The Morgan fingerprint density at radius 2 is 1.14 bits per heavy atom. The highest BCUT2D eigenvalue weighted by molar-refractivity contribution is 6.38. The average Bonchev–Trinajstić information content (AvgIpc) is 2.95. The van der Waals surface area contributed by atoms with Crippen LogP contribution >= 0.6 is 46.4 Å². The summed E-state index contributed by atoms with van der Waals surface area (Å²) in [7, 11) is 0. The lowest BCUT2D eigenvalue weighted by molar-refractivity contribution is 0.102. The number of hydrogen-bond acceptors (Lipinski definition) is 7. The van der Waals surface area contributed by atoms with Gasteiger partial charge >= 0.3 is 0 Å². The van der Waals surface area contributed by atoms with Crippen LogP contribution in [-0.2, 0) is 0 Å². The molecule has 5 rings (SSSR count). The Hall–Kier alpha value is -4.35. The number of nitrogens with zero attached hydrogens (tertiary/aromatic N) is 2. The molecule has 14 heteroatoms. The highest BCUT2D eigenvalue weighted by atomic mass is 35.5. The van der Waals surface area contributed by atoms with Crippen LogP contribution in [0.2, 0.25) is 20.1 Å². The molecule has 0 aliphatic carbocycles. The standard InChI is InChI=1S/C17H11Cl2N3O3.C11H8Cl2N2O2.CH4/c18-12-8-11(20-17(24)10-4-2-1-3-5-10)9-13(19)16(12)25-15-7-6-14(23)21-22-15;1-6-4-7(12)11(8(13)5-6)17-10-3-2-9(16)14-15-10;/h1-9H,(H,20,24)(H,21,23);2-5H,1H3,(H,14,16);1H4. The number of nitrogens with one attached hydrogen (secondary N) is 3. The smallest absolute Gasteiger partial charge is 0.264 e. The molecule has 0 unspecified atom stereocenters. The van der Waals surface area contributed by atoms with E-state index in [0.717, 1.165) is 5.56 Å². The van der Waals surface area contributed by atoms with E-state index in [9.17, 15) is 14.4 Å². The van der Waals surface area contributed by atoms with Crippen LogP contribution < -0.4 is 25.9 Å². The number of halogens is 4. The van der Waals surface area contributed by atoms with Gasteiger partial charge in [-0.3, -0.25) is 14.4 Å². The van der Waals surface area contributed by atoms with Crippen LogP contribution in [0.15, 0.2) is 88.5 Å². The maximum atomic E-state index is 12.2. The van der Waals surface area contributed by atoms with Crippen LogP contribution in [0.25, 0.3) is 0 Å². The highest BCUT2D eigenvalue weighted by Crippen LogP contribution is 2.38. The summed E-state index contributed by atoms with van der Waals surface area (Å²) in [5, 5.41) is 15.8. The number of amides is 1. The molecule has 2 heterocycles. The monoisotopic (exact) mass is 661 g/mol. The molecule has 0 atom stereocenters. The van der Waals surface area contributed by atoms with Gasteiger partial charge in [0.15, 0.2) is 11.5 Å². The van der Waals surface area contributed by atoms with Crippen molar-refractivity contribution in [1.29, 1.82) is 0 Å². The van der Waals surface area contributed by atoms with E-state index in [2.05, 4.69) is 25.7 Å². The number of rotatable bonds is 6. The molecule has 0 aliphatic heterocycles. The SMILES string of the molecule is C.Cc1cc(Cl)c(Oc2ccc(=O)[nH]n2)c(Cl)c1.O=C(Nc1cc(Cl)c(Oc2ccc(=O)[nH]n2)c(Cl)c1)c1ccccc1. The van der Waals surface area contributed by atoms with E-state index in [0.29, 0.717) is 27.0 Å². The summed E-state index contributed by atoms with van der Waals surface area (Å²) in [5.41, 5.74) is 1.20. The van der Waals surface area contributed by atoms with Crippen molar-refractivity contribution >= 4 is 58.0 Å². The van der Waals surface area contributed by atoms with Gasteiger partial charge in [0.2, 0.25) is 11.8 Å². The number of ether oxygens (including phenoxy) is 2. The molecule has 0 radical (unpaired) electrons. The number of H-pyrrole nitrogens is 2. The molecule has 222 valence electrons. The summed E-state index contributed by atoms with van der Waals surface area (Å²) in [5.74, 6) is 0.546. The topological polar surface area (TPSA) is 139 Å². The van der Waals surface area contributed by atoms with Crippen LogP contribution in [0, 0.1) is 6.92 Å². The van der Waals surface area contributed by atoms with Gasteiger partial charge in [0.05, 0.1) is 20.1 Å². The Balaban J connectivity index is 0.000000247. The van der Waals surface area contributed by atoms with E-state index in [1.807, 2.05) is 13.0 Å². The minimum Gasteiger partial charge on any atom is -0.434 e. The second-order valence-electron chi connectivity index (χ2n) is 8.37. The molecule has 3 aromatic carbocycles. The molecular formula is C29H23Cl4N5O5. The Labute approximate surface area is 265 Å². The van der Waals surface area contributed by atoms with Crippen molar-refractivity contribution in [3.8, 4) is 23.3 Å². The zero-order valence-corrected chi connectivity index (χ0v) is 24.5. The number of carbonyl (C=O) groups is 1. The fraction of sp³-hybridized carbons (Fsp3) is 0.0690. The lowest BCUT2D eigenvalue weighted by Crippen LogP contribution is -2.11. The Bertz CT molecular complexity index is 1760. The van der Waals surface area contributed by atoms with Crippen LogP contribution in [0.4, 0.5) is 5.69 Å². The van der Waals surface area contributed by atoms with Crippen molar-refractivity contribution in [2.75, 3.05) is 5.32 Å². The molecule has 3 N–H and O–H groups in total. The zero-order valence-electron chi connectivity index (χ0n) is 21.5. The quantitative estimate of drug-likeness (QED) is 0.168. The van der Waals surface area contributed by atoms with Crippen molar-refractivity contribution in [1.82, 2.24) is 20.4 Å². The number of aromatic amines is 2. The fourth-order valence-electron chi connectivity index (χ4n) is 3.29. The molecule has 43 heavy (non-hydrogen) atoms. The maximum absolute atomic E-state index is 12.2. The summed E-state index contributed by atoms with van der Waals surface area (Å²) in [6.07, 6.45) is 0. The molecule has 0 fully saturated rings. The largest absolute Gasteiger partial charge is 0.434 e. The summed E-state index contributed by atoms with van der Waals surface area (Å²) < 4.78 is 10.9. The number of benzene rings is 3. The Morgan fingerprint density at radius 3 is 1.56 bits per heavy atom. The van der Waals surface area contributed by atoms with Gasteiger partial charge in [0.1, 0.15) is 0 Å². The number of anilines is 1. The number of hydrogen-bond donors (Lipinski definition) is 3. The molecule has 0 saturated heterocycles. The van der Waals surface area contributed by atoms with Crippen LogP contribution in [0.3, 0.4) is 0 Å². The van der Waals surface area contributed by atoms with Crippen molar-refractivity contribution in [3.63, 3.8) is 0 Å². The highest BCUT2D eigenvalue weighted by Gasteiger charge is 2.14. The molecule has 0 bridgehead atoms. The third-order valence-corrected chi connectivity index (χ3v) is 6.28. The summed E-state index contributed by atoms with van der Waals surface area (Å²) >= 11 is 24.4. The molecule has 10 nitrogen and oxygen atoms in total. The first-order chi connectivity index (χ1) is 20.1.